The van der Waals surface area contributed by atoms with Crippen molar-refractivity contribution in [1.82, 2.24) is 0 Å². The van der Waals surface area contributed by atoms with Crippen molar-refractivity contribution >= 4 is 29.1 Å². The standard InChI is InChI=1S/C22H19NO3S/c1-16(24)18-11-5-7-13-20(18)26-15-22(25)23-19-12-6-8-14-21(19)27-17-9-3-2-4-10-17/h2-14H,15H2,1H3,(H,23,25). The zero-order valence-corrected chi connectivity index (χ0v) is 15.7. The fraction of sp³-hybridized carbons (Fsp3) is 0.0909. The molecule has 5 heteroatoms. The molecule has 0 saturated carbocycles. The van der Waals surface area contributed by atoms with Crippen molar-refractivity contribution in [3.63, 3.8) is 0 Å². The summed E-state index contributed by atoms with van der Waals surface area (Å²) in [5.74, 6) is 0.0252. The Bertz CT molecular complexity index is 941. The topological polar surface area (TPSA) is 55.4 Å². The van der Waals surface area contributed by atoms with Gasteiger partial charge < -0.3 is 10.1 Å². The molecule has 0 fully saturated rings. The van der Waals surface area contributed by atoms with E-state index in [1.807, 2.05) is 54.6 Å². The van der Waals surface area contributed by atoms with Crippen LogP contribution in [0.5, 0.6) is 5.75 Å². The number of rotatable bonds is 7. The van der Waals surface area contributed by atoms with Gasteiger partial charge in [-0.3, -0.25) is 9.59 Å². The van der Waals surface area contributed by atoms with Gasteiger partial charge in [-0.15, -0.1) is 0 Å². The summed E-state index contributed by atoms with van der Waals surface area (Å²) in [6, 6.07) is 24.5. The zero-order chi connectivity index (χ0) is 19.1. The predicted octanol–water partition coefficient (Wildman–Crippen LogP) is 5.06. The molecule has 0 aromatic heterocycles. The van der Waals surface area contributed by atoms with Crippen LogP contribution in [0.2, 0.25) is 0 Å². The molecule has 4 nitrogen and oxygen atoms in total. The van der Waals surface area contributed by atoms with Crippen LogP contribution in [0, 0.1) is 0 Å². The average Bonchev–Trinajstić information content (AvgIpc) is 2.69. The lowest BCUT2D eigenvalue weighted by Crippen LogP contribution is -2.21. The number of ether oxygens (including phenoxy) is 1. The number of para-hydroxylation sites is 2. The number of amides is 1. The van der Waals surface area contributed by atoms with Crippen LogP contribution in [-0.2, 0) is 4.79 Å². The number of Topliss-reactive ketones (excluding diaryl/α,β-unsaturated/α-hetero) is 1. The largest absolute Gasteiger partial charge is 0.483 e. The third-order valence-electron chi connectivity index (χ3n) is 3.76. The van der Waals surface area contributed by atoms with E-state index in [2.05, 4.69) is 5.32 Å². The average molecular weight is 377 g/mol. The van der Waals surface area contributed by atoms with E-state index in [-0.39, 0.29) is 18.3 Å². The second kappa shape index (κ2) is 9.05. The maximum absolute atomic E-state index is 12.3. The summed E-state index contributed by atoms with van der Waals surface area (Å²) in [6.45, 7) is 1.30. The summed E-state index contributed by atoms with van der Waals surface area (Å²) in [5, 5.41) is 2.88. The molecule has 3 aromatic rings. The van der Waals surface area contributed by atoms with Gasteiger partial charge in [0, 0.05) is 9.79 Å². The van der Waals surface area contributed by atoms with E-state index >= 15 is 0 Å². The Balaban J connectivity index is 1.66. The molecule has 0 saturated heterocycles. The minimum absolute atomic E-state index is 0.101. The first kappa shape index (κ1) is 18.7. The van der Waals surface area contributed by atoms with Gasteiger partial charge in [0.1, 0.15) is 5.75 Å². The molecule has 0 aliphatic carbocycles. The Labute approximate surface area is 162 Å². The fourth-order valence-electron chi connectivity index (χ4n) is 2.49. The lowest BCUT2D eigenvalue weighted by atomic mass is 10.1. The molecule has 0 unspecified atom stereocenters. The van der Waals surface area contributed by atoms with Gasteiger partial charge in [0.05, 0.1) is 11.3 Å². The van der Waals surface area contributed by atoms with Crippen LogP contribution in [0.25, 0.3) is 0 Å². The summed E-state index contributed by atoms with van der Waals surface area (Å²) in [5.41, 5.74) is 1.19. The van der Waals surface area contributed by atoms with Crippen LogP contribution >= 0.6 is 11.8 Å². The molecule has 0 atom stereocenters. The molecule has 1 amide bonds. The van der Waals surface area contributed by atoms with Crippen molar-refractivity contribution in [3.8, 4) is 5.75 Å². The molecular formula is C22H19NO3S. The van der Waals surface area contributed by atoms with Crippen molar-refractivity contribution in [2.45, 2.75) is 16.7 Å². The molecule has 136 valence electrons. The van der Waals surface area contributed by atoms with Crippen molar-refractivity contribution in [2.75, 3.05) is 11.9 Å². The first-order chi connectivity index (χ1) is 13.1. The molecule has 3 rings (SSSR count). The van der Waals surface area contributed by atoms with Gasteiger partial charge in [-0.1, -0.05) is 54.2 Å². The molecule has 27 heavy (non-hydrogen) atoms. The number of hydrogen-bond donors (Lipinski definition) is 1. The van der Waals surface area contributed by atoms with Crippen LogP contribution in [-0.4, -0.2) is 18.3 Å². The van der Waals surface area contributed by atoms with Crippen molar-refractivity contribution < 1.29 is 14.3 Å². The van der Waals surface area contributed by atoms with Crippen LogP contribution in [0.4, 0.5) is 5.69 Å². The van der Waals surface area contributed by atoms with E-state index in [4.69, 9.17) is 4.74 Å². The lowest BCUT2D eigenvalue weighted by molar-refractivity contribution is -0.118. The van der Waals surface area contributed by atoms with Gasteiger partial charge in [0.25, 0.3) is 5.91 Å². The number of benzene rings is 3. The Morgan fingerprint density at radius 1 is 0.889 bits per heavy atom. The van der Waals surface area contributed by atoms with E-state index in [9.17, 15) is 9.59 Å². The minimum Gasteiger partial charge on any atom is -0.483 e. The van der Waals surface area contributed by atoms with Gasteiger partial charge >= 0.3 is 0 Å². The molecular weight excluding hydrogens is 358 g/mol. The molecule has 0 aliphatic rings. The zero-order valence-electron chi connectivity index (χ0n) is 14.8. The summed E-state index contributed by atoms with van der Waals surface area (Å²) in [4.78, 5) is 26.0. The van der Waals surface area contributed by atoms with E-state index in [0.29, 0.717) is 11.3 Å². The maximum Gasteiger partial charge on any atom is 0.262 e. The van der Waals surface area contributed by atoms with Gasteiger partial charge in [-0.25, -0.2) is 0 Å². The highest BCUT2D eigenvalue weighted by Crippen LogP contribution is 2.33. The smallest absolute Gasteiger partial charge is 0.262 e. The number of carbonyl (C=O) groups excluding carboxylic acids is 2. The Morgan fingerprint density at radius 2 is 1.56 bits per heavy atom. The van der Waals surface area contributed by atoms with Gasteiger partial charge in [-0.2, -0.15) is 0 Å². The summed E-state index contributed by atoms with van der Waals surface area (Å²) in [6.07, 6.45) is 0. The van der Waals surface area contributed by atoms with Crippen LogP contribution in [0.15, 0.2) is 88.7 Å². The Kier molecular flexibility index (Phi) is 6.28. The normalized spacial score (nSPS) is 10.3. The number of hydrogen-bond acceptors (Lipinski definition) is 4. The molecule has 0 aliphatic heterocycles. The van der Waals surface area contributed by atoms with Crippen LogP contribution in [0.3, 0.4) is 0 Å². The van der Waals surface area contributed by atoms with Crippen molar-refractivity contribution in [1.29, 1.82) is 0 Å². The van der Waals surface area contributed by atoms with Crippen LogP contribution < -0.4 is 10.1 Å². The van der Waals surface area contributed by atoms with Gasteiger partial charge in [0.15, 0.2) is 12.4 Å². The second-order valence-electron chi connectivity index (χ2n) is 5.80. The van der Waals surface area contributed by atoms with E-state index < -0.39 is 0 Å². The Morgan fingerprint density at radius 3 is 2.33 bits per heavy atom. The SMILES string of the molecule is CC(=O)c1ccccc1OCC(=O)Nc1ccccc1Sc1ccccc1. The fourth-order valence-corrected chi connectivity index (χ4v) is 3.41. The molecule has 0 bridgehead atoms. The highest BCUT2D eigenvalue weighted by molar-refractivity contribution is 7.99. The first-order valence-electron chi connectivity index (χ1n) is 8.48. The predicted molar refractivity (Wildman–Crippen MR) is 108 cm³/mol. The van der Waals surface area contributed by atoms with E-state index in [1.54, 1.807) is 36.0 Å². The summed E-state index contributed by atoms with van der Waals surface area (Å²) in [7, 11) is 0. The molecule has 0 radical (unpaired) electrons. The monoisotopic (exact) mass is 377 g/mol. The molecule has 0 heterocycles. The highest BCUT2D eigenvalue weighted by Gasteiger charge is 2.11. The van der Waals surface area contributed by atoms with Crippen molar-refractivity contribution in [3.05, 3.63) is 84.4 Å². The molecule has 1 N–H and O–H groups in total. The van der Waals surface area contributed by atoms with E-state index in [1.165, 1.54) is 6.92 Å². The summed E-state index contributed by atoms with van der Waals surface area (Å²) >= 11 is 1.58. The lowest BCUT2D eigenvalue weighted by Gasteiger charge is -2.12. The Hall–Kier alpha value is -3.05. The summed E-state index contributed by atoms with van der Waals surface area (Å²) < 4.78 is 5.55. The number of nitrogens with one attached hydrogen (secondary N) is 1. The second-order valence-corrected chi connectivity index (χ2v) is 6.92. The molecule has 3 aromatic carbocycles. The third-order valence-corrected chi connectivity index (χ3v) is 4.84. The number of ketones is 1. The third kappa shape index (κ3) is 5.21. The highest BCUT2D eigenvalue weighted by atomic mass is 32.2. The number of carbonyl (C=O) groups is 2. The van der Waals surface area contributed by atoms with Gasteiger partial charge in [-0.05, 0) is 43.3 Å². The minimum atomic E-state index is -0.283. The van der Waals surface area contributed by atoms with Gasteiger partial charge in [0.2, 0.25) is 0 Å². The molecule has 0 spiro atoms. The number of anilines is 1. The van der Waals surface area contributed by atoms with E-state index in [0.717, 1.165) is 15.5 Å². The first-order valence-corrected chi connectivity index (χ1v) is 9.29. The maximum atomic E-state index is 12.3. The van der Waals surface area contributed by atoms with Crippen molar-refractivity contribution in [2.24, 2.45) is 0 Å². The quantitative estimate of drug-likeness (QED) is 0.585. The van der Waals surface area contributed by atoms with Crippen LogP contribution in [0.1, 0.15) is 17.3 Å².